The molecule has 4 rings (SSSR count). The molecule has 0 aromatic carbocycles. The van der Waals surface area contributed by atoms with E-state index in [9.17, 15) is 15.3 Å². The van der Waals surface area contributed by atoms with Crippen LogP contribution in [0, 0.1) is 34.5 Å². The summed E-state index contributed by atoms with van der Waals surface area (Å²) in [6.07, 6.45) is 7.86. The third-order valence-corrected chi connectivity index (χ3v) is 8.92. The van der Waals surface area contributed by atoms with Gasteiger partial charge in [0.2, 0.25) is 0 Å². The first-order chi connectivity index (χ1) is 11.3. The largest absolute Gasteiger partial charge is 0.393 e. The first kappa shape index (κ1) is 17.1. The molecule has 9 atom stereocenters. The highest BCUT2D eigenvalue weighted by Crippen LogP contribution is 2.67. The maximum atomic E-state index is 11.1. The zero-order chi connectivity index (χ0) is 17.3. The molecular weight excluding hydrogens is 300 g/mol. The van der Waals surface area contributed by atoms with E-state index < -0.39 is 12.2 Å². The van der Waals surface area contributed by atoms with Gasteiger partial charge >= 0.3 is 0 Å². The van der Waals surface area contributed by atoms with Crippen LogP contribution in [0.5, 0.6) is 0 Å². The Morgan fingerprint density at radius 3 is 2.38 bits per heavy atom. The normalized spacial score (nSPS) is 58.9. The van der Waals surface area contributed by atoms with E-state index in [4.69, 9.17) is 0 Å². The molecule has 4 fully saturated rings. The molecule has 0 aliphatic heterocycles. The lowest BCUT2D eigenvalue weighted by Crippen LogP contribution is -2.63. The predicted octanol–water partition coefficient (Wildman–Crippen LogP) is 3.28. The van der Waals surface area contributed by atoms with Gasteiger partial charge in [0.25, 0.3) is 0 Å². The zero-order valence-electron chi connectivity index (χ0n) is 15.4. The van der Waals surface area contributed by atoms with Crippen LogP contribution in [-0.2, 0) is 0 Å². The van der Waals surface area contributed by atoms with E-state index in [1.165, 1.54) is 6.42 Å². The van der Waals surface area contributed by atoms with Crippen molar-refractivity contribution in [1.82, 2.24) is 0 Å². The summed E-state index contributed by atoms with van der Waals surface area (Å²) < 4.78 is 0. The van der Waals surface area contributed by atoms with Crippen LogP contribution in [0.15, 0.2) is 11.6 Å². The molecular formula is C21H34O3. The van der Waals surface area contributed by atoms with Gasteiger partial charge in [0, 0.05) is 0 Å². The van der Waals surface area contributed by atoms with Crippen LogP contribution in [0.1, 0.15) is 65.7 Å². The van der Waals surface area contributed by atoms with Crippen LogP contribution >= 0.6 is 0 Å². The number of hydrogen-bond acceptors (Lipinski definition) is 3. The van der Waals surface area contributed by atoms with E-state index in [-0.39, 0.29) is 28.8 Å². The molecule has 24 heavy (non-hydrogen) atoms. The topological polar surface area (TPSA) is 60.7 Å². The van der Waals surface area contributed by atoms with E-state index in [1.54, 1.807) is 5.57 Å². The van der Waals surface area contributed by atoms with Gasteiger partial charge in [-0.25, -0.2) is 0 Å². The summed E-state index contributed by atoms with van der Waals surface area (Å²) in [6, 6.07) is 0. The second-order valence-electron chi connectivity index (χ2n) is 9.62. The van der Waals surface area contributed by atoms with Crippen molar-refractivity contribution in [3.63, 3.8) is 0 Å². The summed E-state index contributed by atoms with van der Waals surface area (Å²) in [6.45, 7) is 6.89. The number of allylic oxidation sites excluding steroid dienone is 2. The lowest BCUT2D eigenvalue weighted by atomic mass is 9.43. The minimum Gasteiger partial charge on any atom is -0.393 e. The number of aliphatic hydroxyl groups is 3. The molecule has 4 aliphatic carbocycles. The van der Waals surface area contributed by atoms with Gasteiger partial charge in [-0.2, -0.15) is 0 Å². The van der Waals surface area contributed by atoms with E-state index in [1.807, 2.05) is 0 Å². The fourth-order valence-electron chi connectivity index (χ4n) is 7.56. The summed E-state index contributed by atoms with van der Waals surface area (Å²) in [5.41, 5.74) is 1.86. The average molecular weight is 334 g/mol. The monoisotopic (exact) mass is 334 g/mol. The molecule has 4 aliphatic rings. The fraction of sp³-hybridized carbons (Fsp3) is 0.905. The maximum absolute atomic E-state index is 11.1. The smallest absolute Gasteiger partial charge is 0.0836 e. The Bertz CT molecular complexity index is 543. The van der Waals surface area contributed by atoms with Gasteiger partial charge in [0.15, 0.2) is 0 Å². The molecule has 0 spiro atoms. The van der Waals surface area contributed by atoms with Gasteiger partial charge in [-0.15, -0.1) is 0 Å². The van der Waals surface area contributed by atoms with Crippen molar-refractivity contribution in [3.05, 3.63) is 11.6 Å². The van der Waals surface area contributed by atoms with Crippen molar-refractivity contribution in [2.75, 3.05) is 0 Å². The second-order valence-corrected chi connectivity index (χ2v) is 9.62. The molecule has 0 aromatic heterocycles. The van der Waals surface area contributed by atoms with Gasteiger partial charge in [0.1, 0.15) is 0 Å². The number of fused-ring (bicyclic) bond motifs is 5. The molecule has 3 N–H and O–H groups in total. The van der Waals surface area contributed by atoms with Crippen LogP contribution in [0.2, 0.25) is 0 Å². The first-order valence-electron chi connectivity index (χ1n) is 10.0. The molecule has 4 unspecified atom stereocenters. The van der Waals surface area contributed by atoms with Crippen molar-refractivity contribution >= 4 is 0 Å². The number of hydrogen-bond donors (Lipinski definition) is 3. The summed E-state index contributed by atoms with van der Waals surface area (Å²) in [7, 11) is 0. The Morgan fingerprint density at radius 1 is 0.917 bits per heavy atom. The third kappa shape index (κ3) is 2.07. The highest BCUT2D eigenvalue weighted by molar-refractivity contribution is 5.25. The fourth-order valence-corrected chi connectivity index (χ4v) is 7.56. The standard InChI is InChI=1S/C21H34O3/c1-4-12-5-6-14-17-15(8-10-20(12,14)2)21(3)9-7-13(22)11-16(21)18(23)19(17)24/h4,13-19,22-24H,5-11H2,1-3H3/b12-4-/t13-,14?,15?,16?,17?,18-,19-,20+,21+/m0/s1. The Hall–Kier alpha value is -0.380. The Morgan fingerprint density at radius 2 is 1.67 bits per heavy atom. The van der Waals surface area contributed by atoms with Crippen LogP contribution in [0.3, 0.4) is 0 Å². The van der Waals surface area contributed by atoms with E-state index in [0.717, 1.165) is 32.1 Å². The molecule has 136 valence electrons. The highest BCUT2D eigenvalue weighted by Gasteiger charge is 2.63. The van der Waals surface area contributed by atoms with E-state index >= 15 is 0 Å². The SMILES string of the molecule is C/C=C1/CCC2C3C(CC[C@]12C)[C@@]1(C)CC[C@H](O)CC1[C@H](O)[C@H]3O. The summed E-state index contributed by atoms with van der Waals surface area (Å²) in [4.78, 5) is 0. The molecule has 0 bridgehead atoms. The zero-order valence-corrected chi connectivity index (χ0v) is 15.4. The minimum absolute atomic E-state index is 0.0458. The quantitative estimate of drug-likeness (QED) is 0.596. The average Bonchev–Trinajstić information content (AvgIpc) is 2.90. The van der Waals surface area contributed by atoms with E-state index in [0.29, 0.717) is 18.3 Å². The van der Waals surface area contributed by atoms with Gasteiger partial charge in [-0.3, -0.25) is 0 Å². The van der Waals surface area contributed by atoms with Crippen molar-refractivity contribution in [3.8, 4) is 0 Å². The lowest BCUT2D eigenvalue weighted by molar-refractivity contribution is -0.217. The Kier molecular flexibility index (Phi) is 3.95. The second kappa shape index (κ2) is 5.56. The molecule has 0 amide bonds. The minimum atomic E-state index is -0.678. The van der Waals surface area contributed by atoms with Crippen molar-refractivity contribution in [2.45, 2.75) is 84.0 Å². The molecule has 3 heteroatoms. The van der Waals surface area contributed by atoms with Crippen LogP contribution < -0.4 is 0 Å². The lowest BCUT2D eigenvalue weighted by Gasteiger charge is -2.63. The Labute approximate surface area is 146 Å². The number of aliphatic hydroxyl groups excluding tert-OH is 3. The number of rotatable bonds is 0. The maximum Gasteiger partial charge on any atom is 0.0836 e. The first-order valence-corrected chi connectivity index (χ1v) is 10.0. The Balaban J connectivity index is 1.73. The molecule has 0 heterocycles. The molecule has 3 nitrogen and oxygen atoms in total. The van der Waals surface area contributed by atoms with Gasteiger partial charge in [0.05, 0.1) is 18.3 Å². The van der Waals surface area contributed by atoms with Crippen molar-refractivity contribution < 1.29 is 15.3 Å². The predicted molar refractivity (Wildman–Crippen MR) is 94.3 cm³/mol. The summed E-state index contributed by atoms with van der Waals surface area (Å²) >= 11 is 0. The van der Waals surface area contributed by atoms with Crippen molar-refractivity contribution in [1.29, 1.82) is 0 Å². The third-order valence-electron chi connectivity index (χ3n) is 8.92. The van der Waals surface area contributed by atoms with Crippen LogP contribution in [0.4, 0.5) is 0 Å². The van der Waals surface area contributed by atoms with Crippen LogP contribution in [0.25, 0.3) is 0 Å². The molecule has 0 saturated heterocycles. The van der Waals surface area contributed by atoms with Crippen LogP contribution in [-0.4, -0.2) is 33.6 Å². The molecule has 4 saturated carbocycles. The molecule has 0 aromatic rings. The van der Waals surface area contributed by atoms with E-state index in [2.05, 4.69) is 26.8 Å². The summed E-state index contributed by atoms with van der Waals surface area (Å²) in [5, 5.41) is 32.1. The summed E-state index contributed by atoms with van der Waals surface area (Å²) in [5.74, 6) is 1.25. The van der Waals surface area contributed by atoms with Gasteiger partial charge < -0.3 is 15.3 Å². The van der Waals surface area contributed by atoms with Crippen molar-refractivity contribution in [2.24, 2.45) is 34.5 Å². The van der Waals surface area contributed by atoms with Gasteiger partial charge in [-0.05, 0) is 86.4 Å². The molecule has 0 radical (unpaired) electrons. The van der Waals surface area contributed by atoms with Gasteiger partial charge in [-0.1, -0.05) is 25.5 Å². The highest BCUT2D eigenvalue weighted by atomic mass is 16.3.